The number of hydrogen-bond acceptors (Lipinski definition) is 5. The minimum atomic E-state index is -1.30. The third-order valence-electron chi connectivity index (χ3n) is 3.69. The highest BCUT2D eigenvalue weighted by molar-refractivity contribution is 5.68. The molecule has 0 spiro atoms. The van der Waals surface area contributed by atoms with Gasteiger partial charge in [-0.3, -0.25) is 19.1 Å². The average molecular weight is 332 g/mol. The zero-order valence-electron chi connectivity index (χ0n) is 12.5. The summed E-state index contributed by atoms with van der Waals surface area (Å²) in [6.07, 6.45) is -1.59. The van der Waals surface area contributed by atoms with Crippen LogP contribution >= 0.6 is 0 Å². The van der Waals surface area contributed by atoms with Crippen molar-refractivity contribution in [3.63, 3.8) is 0 Å². The van der Waals surface area contributed by atoms with Crippen LogP contribution in [0, 0.1) is 5.82 Å². The fraction of sp³-hybridized carbons (Fsp3) is 0.200. The largest absolute Gasteiger partial charge is 0.388 e. The maximum Gasteiger partial charge on any atom is 0.329 e. The molecule has 2 aromatic heterocycles. The summed E-state index contributed by atoms with van der Waals surface area (Å²) in [5.74, 6) is -0.609. The van der Waals surface area contributed by atoms with Crippen molar-refractivity contribution < 1.29 is 9.50 Å². The fourth-order valence-electron chi connectivity index (χ4n) is 2.40. The van der Waals surface area contributed by atoms with Crippen molar-refractivity contribution in [1.82, 2.24) is 19.5 Å². The number of fused-ring (bicyclic) bond motifs is 1. The third-order valence-corrected chi connectivity index (χ3v) is 3.69. The van der Waals surface area contributed by atoms with Gasteiger partial charge in [0.25, 0.3) is 11.1 Å². The monoisotopic (exact) mass is 332 g/mol. The first-order chi connectivity index (χ1) is 11.4. The molecule has 3 aromatic rings. The summed E-state index contributed by atoms with van der Waals surface area (Å²) in [4.78, 5) is 43.9. The quantitative estimate of drug-likeness (QED) is 0.609. The van der Waals surface area contributed by atoms with Gasteiger partial charge in [-0.2, -0.15) is 0 Å². The van der Waals surface area contributed by atoms with E-state index in [9.17, 15) is 23.9 Å². The van der Waals surface area contributed by atoms with Gasteiger partial charge in [0.1, 0.15) is 17.2 Å². The fourth-order valence-corrected chi connectivity index (χ4v) is 2.40. The molecule has 0 aliphatic carbocycles. The van der Waals surface area contributed by atoms with E-state index in [0.29, 0.717) is 0 Å². The van der Waals surface area contributed by atoms with E-state index in [-0.39, 0.29) is 28.8 Å². The van der Waals surface area contributed by atoms with E-state index in [4.69, 9.17) is 0 Å². The number of nitrogens with one attached hydrogen (secondary N) is 2. The number of hydrogen-bond donors (Lipinski definition) is 3. The lowest BCUT2D eigenvalue weighted by molar-refractivity contribution is 0.172. The van der Waals surface area contributed by atoms with Crippen LogP contribution in [0.5, 0.6) is 0 Å². The van der Waals surface area contributed by atoms with E-state index in [1.807, 2.05) is 0 Å². The molecular formula is C15H13FN4O4. The van der Waals surface area contributed by atoms with Crippen LogP contribution < -0.4 is 16.8 Å². The molecule has 1 atom stereocenters. The number of nitrogens with zero attached hydrogens (tertiary/aromatic N) is 2. The molecule has 3 N–H and O–H groups in total. The lowest BCUT2D eigenvalue weighted by Gasteiger charge is -2.11. The normalized spacial score (nSPS) is 12.5. The third kappa shape index (κ3) is 2.65. The van der Waals surface area contributed by atoms with Crippen molar-refractivity contribution in [1.29, 1.82) is 0 Å². The summed E-state index contributed by atoms with van der Waals surface area (Å²) in [5, 5.41) is 10.1. The van der Waals surface area contributed by atoms with E-state index < -0.39 is 28.7 Å². The van der Waals surface area contributed by atoms with Crippen molar-refractivity contribution in [2.45, 2.75) is 12.5 Å². The molecule has 0 aliphatic rings. The second kappa shape index (κ2) is 5.85. The summed E-state index contributed by atoms with van der Waals surface area (Å²) in [5.41, 5.74) is -2.41. The van der Waals surface area contributed by atoms with Crippen molar-refractivity contribution in [2.75, 3.05) is 0 Å². The number of aromatic nitrogens is 4. The highest BCUT2D eigenvalue weighted by atomic mass is 19.1. The SMILES string of the molecule is Cn1c(=O)[nH]c(=O)c2nc(C[C@@H](O)c3ccccc3F)c(=O)[nH]c21. The number of rotatable bonds is 3. The van der Waals surface area contributed by atoms with Crippen LogP contribution in [0.3, 0.4) is 0 Å². The Morgan fingerprint density at radius 3 is 2.62 bits per heavy atom. The molecule has 0 amide bonds. The number of H-pyrrole nitrogens is 2. The molecule has 9 heteroatoms. The lowest BCUT2D eigenvalue weighted by Crippen LogP contribution is -2.32. The highest BCUT2D eigenvalue weighted by Gasteiger charge is 2.18. The molecule has 124 valence electrons. The molecule has 0 saturated heterocycles. The van der Waals surface area contributed by atoms with Crippen LogP contribution in [0.2, 0.25) is 0 Å². The minimum Gasteiger partial charge on any atom is -0.388 e. The van der Waals surface area contributed by atoms with Crippen molar-refractivity contribution in [3.05, 3.63) is 72.5 Å². The summed E-state index contributed by atoms with van der Waals surface area (Å²) in [7, 11) is 1.37. The molecule has 24 heavy (non-hydrogen) atoms. The van der Waals surface area contributed by atoms with Gasteiger partial charge < -0.3 is 10.1 Å². The van der Waals surface area contributed by atoms with E-state index >= 15 is 0 Å². The van der Waals surface area contributed by atoms with Crippen molar-refractivity contribution >= 4 is 11.2 Å². The first kappa shape index (κ1) is 15.8. The topological polar surface area (TPSA) is 121 Å². The molecule has 0 bridgehead atoms. The summed E-state index contributed by atoms with van der Waals surface area (Å²) in [6.45, 7) is 0. The molecular weight excluding hydrogens is 319 g/mol. The maximum absolute atomic E-state index is 13.7. The lowest BCUT2D eigenvalue weighted by atomic mass is 10.0. The molecule has 0 saturated carbocycles. The predicted octanol–water partition coefficient (Wildman–Crippen LogP) is -0.275. The van der Waals surface area contributed by atoms with Gasteiger partial charge in [-0.1, -0.05) is 18.2 Å². The molecule has 0 fully saturated rings. The van der Waals surface area contributed by atoms with Gasteiger partial charge >= 0.3 is 5.69 Å². The molecule has 0 radical (unpaired) electrons. The van der Waals surface area contributed by atoms with Crippen LogP contribution in [-0.4, -0.2) is 24.6 Å². The average Bonchev–Trinajstić information content (AvgIpc) is 2.54. The van der Waals surface area contributed by atoms with E-state index in [1.54, 1.807) is 6.07 Å². The molecule has 0 unspecified atom stereocenters. The Balaban J connectivity index is 2.10. The Kier molecular flexibility index (Phi) is 3.86. The van der Waals surface area contributed by atoms with Gasteiger partial charge in [-0.15, -0.1) is 0 Å². The Morgan fingerprint density at radius 1 is 1.21 bits per heavy atom. The first-order valence-corrected chi connectivity index (χ1v) is 7.03. The van der Waals surface area contributed by atoms with E-state index in [1.165, 1.54) is 25.2 Å². The second-order valence-corrected chi connectivity index (χ2v) is 5.27. The Bertz CT molecular complexity index is 1100. The van der Waals surface area contributed by atoms with Crippen LogP contribution in [0.1, 0.15) is 17.4 Å². The van der Waals surface area contributed by atoms with Gasteiger partial charge in [-0.05, 0) is 6.07 Å². The van der Waals surface area contributed by atoms with Crippen LogP contribution in [0.4, 0.5) is 4.39 Å². The number of aliphatic hydroxyl groups is 1. The van der Waals surface area contributed by atoms with E-state index in [0.717, 1.165) is 4.57 Å². The summed E-state index contributed by atoms with van der Waals surface area (Å²) >= 11 is 0. The maximum atomic E-state index is 13.7. The van der Waals surface area contributed by atoms with Gasteiger partial charge in [0.15, 0.2) is 5.52 Å². The first-order valence-electron chi connectivity index (χ1n) is 7.03. The number of aliphatic hydroxyl groups excluding tert-OH is 1. The molecule has 1 aromatic carbocycles. The van der Waals surface area contributed by atoms with E-state index in [2.05, 4.69) is 15.0 Å². The Labute approximate surface area is 133 Å². The summed E-state index contributed by atoms with van der Waals surface area (Å²) < 4.78 is 14.7. The predicted molar refractivity (Wildman–Crippen MR) is 83.3 cm³/mol. The zero-order chi connectivity index (χ0) is 17.4. The van der Waals surface area contributed by atoms with Crippen molar-refractivity contribution in [3.8, 4) is 0 Å². The number of benzene rings is 1. The minimum absolute atomic E-state index is 0.0215. The van der Waals surface area contributed by atoms with Crippen LogP contribution in [0.15, 0.2) is 38.6 Å². The second-order valence-electron chi connectivity index (χ2n) is 5.27. The standard InChI is InChI=1S/C15H13FN4O4/c1-20-12-11(14(23)19-15(20)24)17-9(13(22)18-12)6-10(21)7-4-2-3-5-8(7)16/h2-5,10,21H,6H2,1H3,(H,18,22)(H,19,23,24)/t10-/m1/s1. The number of aromatic amines is 2. The van der Waals surface area contributed by atoms with Crippen LogP contribution in [0.25, 0.3) is 11.2 Å². The van der Waals surface area contributed by atoms with Gasteiger partial charge in [0.2, 0.25) is 0 Å². The number of aryl methyl sites for hydroxylation is 1. The Morgan fingerprint density at radius 2 is 1.92 bits per heavy atom. The Hall–Kier alpha value is -3.07. The smallest absolute Gasteiger partial charge is 0.329 e. The summed E-state index contributed by atoms with van der Waals surface area (Å²) in [6, 6.07) is 5.62. The zero-order valence-corrected chi connectivity index (χ0v) is 12.5. The van der Waals surface area contributed by atoms with Gasteiger partial charge in [-0.25, -0.2) is 14.2 Å². The highest BCUT2D eigenvalue weighted by Crippen LogP contribution is 2.19. The molecule has 2 heterocycles. The van der Waals surface area contributed by atoms with Crippen LogP contribution in [-0.2, 0) is 13.5 Å². The van der Waals surface area contributed by atoms with Crippen molar-refractivity contribution in [2.24, 2.45) is 7.05 Å². The number of halogens is 1. The molecule has 3 rings (SSSR count). The molecule has 8 nitrogen and oxygen atoms in total. The van der Waals surface area contributed by atoms with Gasteiger partial charge in [0, 0.05) is 19.0 Å². The van der Waals surface area contributed by atoms with Gasteiger partial charge in [0.05, 0.1) is 6.10 Å². The molecule has 0 aliphatic heterocycles.